The molecule has 380 valence electrons. The molecule has 4 aliphatic rings. The van der Waals surface area contributed by atoms with Gasteiger partial charge < -0.3 is 30.1 Å². The normalized spacial score (nSPS) is 19.0. The van der Waals surface area contributed by atoms with Crippen LogP contribution in [0.2, 0.25) is 0 Å². The lowest BCUT2D eigenvalue weighted by Crippen LogP contribution is -2.50. The third kappa shape index (κ3) is 18.1. The number of carbonyl (C=O) groups is 6. The summed E-state index contributed by atoms with van der Waals surface area (Å²) in [5.74, 6) is -0.0221. The highest BCUT2D eigenvalue weighted by Gasteiger charge is 2.36. The van der Waals surface area contributed by atoms with Gasteiger partial charge in [0, 0.05) is 56.1 Å². The number of allylic oxidation sites excluding steroid dienone is 1. The Morgan fingerprint density at radius 3 is 1.52 bits per heavy atom. The maximum absolute atomic E-state index is 13.4. The fraction of sp³-hybridized carbons (Fsp3) is 0.600. The van der Waals surface area contributed by atoms with Gasteiger partial charge in [0.15, 0.2) is 5.78 Å². The molecule has 2 aromatic carbocycles. The number of carbonyl (C=O) groups excluding carboxylic acids is 5. The third-order valence-electron chi connectivity index (χ3n) is 12.2. The fourth-order valence-electron chi connectivity index (χ4n) is 9.12. The van der Waals surface area contributed by atoms with Crippen molar-refractivity contribution >= 4 is 47.1 Å². The van der Waals surface area contributed by atoms with E-state index in [9.17, 15) is 28.8 Å². The van der Waals surface area contributed by atoms with Crippen LogP contribution in [0.15, 0.2) is 72.8 Å². The number of carboxylic acid groups (broad SMARTS) is 1. The smallest absolute Gasteiger partial charge is 0.411 e. The monoisotopic (exact) mass is 956 g/mol. The van der Waals surface area contributed by atoms with Crippen molar-refractivity contribution in [2.75, 3.05) is 36.0 Å². The highest BCUT2D eigenvalue weighted by molar-refractivity contribution is 6.03. The molecule has 4 atom stereocenters. The highest BCUT2D eigenvalue weighted by atomic mass is 16.6. The SMILES string of the molecule is CC(C)(C)OC(=O)N1CCCC[C@H]1C(=O)O.CC(C)C[C@@H](/C=C/C(=O)N1CCc2ccccc21)CC(=O)[C@@H]1CCCCN1C(=O)OC(C)(C)C.CC(C)C[C@H](N)/C=C/C(=O)N1CCc2ccccc21. The lowest BCUT2D eigenvalue weighted by molar-refractivity contribution is -0.144. The Morgan fingerprint density at radius 2 is 1.07 bits per heavy atom. The number of nitrogens with zero attached hydrogens (tertiary/aromatic N) is 4. The molecule has 6 rings (SSSR count). The van der Waals surface area contributed by atoms with Crippen molar-refractivity contribution in [3.63, 3.8) is 0 Å². The molecule has 3 N–H and O–H groups in total. The van der Waals surface area contributed by atoms with Crippen molar-refractivity contribution in [3.05, 3.63) is 84.0 Å². The van der Waals surface area contributed by atoms with Gasteiger partial charge in [0.25, 0.3) is 11.8 Å². The number of piperidine rings is 2. The topological polar surface area (TPSA) is 180 Å². The zero-order valence-electron chi connectivity index (χ0n) is 43.1. The maximum Gasteiger partial charge on any atom is 0.411 e. The Labute approximate surface area is 411 Å². The Bertz CT molecular complexity index is 2120. The number of fused-ring (bicyclic) bond motifs is 2. The molecule has 14 nitrogen and oxygen atoms in total. The van der Waals surface area contributed by atoms with Crippen LogP contribution < -0.4 is 15.5 Å². The third-order valence-corrected chi connectivity index (χ3v) is 12.2. The number of hydrogen-bond donors (Lipinski definition) is 2. The second kappa shape index (κ2) is 25.9. The maximum atomic E-state index is 13.4. The molecule has 14 heteroatoms. The number of ether oxygens (including phenoxy) is 2. The molecule has 4 aliphatic heterocycles. The van der Waals surface area contributed by atoms with E-state index in [2.05, 4.69) is 39.8 Å². The lowest BCUT2D eigenvalue weighted by atomic mass is 9.87. The molecule has 0 aromatic heterocycles. The predicted molar refractivity (Wildman–Crippen MR) is 272 cm³/mol. The van der Waals surface area contributed by atoms with Gasteiger partial charge in [0.1, 0.15) is 17.2 Å². The summed E-state index contributed by atoms with van der Waals surface area (Å²) in [6.45, 7) is 21.8. The van der Waals surface area contributed by atoms with Crippen molar-refractivity contribution in [1.29, 1.82) is 0 Å². The minimum atomic E-state index is -0.953. The van der Waals surface area contributed by atoms with E-state index in [1.807, 2.05) is 79.1 Å². The van der Waals surface area contributed by atoms with Crippen molar-refractivity contribution < 1.29 is 43.3 Å². The van der Waals surface area contributed by atoms with Gasteiger partial charge in [-0.2, -0.15) is 0 Å². The Kier molecular flexibility index (Phi) is 21.1. The Morgan fingerprint density at radius 1 is 0.638 bits per heavy atom. The quantitative estimate of drug-likeness (QED) is 0.195. The summed E-state index contributed by atoms with van der Waals surface area (Å²) >= 11 is 0. The zero-order chi connectivity index (χ0) is 51.1. The highest BCUT2D eigenvalue weighted by Crippen LogP contribution is 2.30. The van der Waals surface area contributed by atoms with Crippen LogP contribution in [-0.4, -0.2) is 106 Å². The summed E-state index contributed by atoms with van der Waals surface area (Å²) < 4.78 is 10.7. The number of amides is 4. The van der Waals surface area contributed by atoms with Crippen LogP contribution >= 0.6 is 0 Å². The average Bonchev–Trinajstić information content (AvgIpc) is 3.91. The molecule has 0 bridgehead atoms. The fourth-order valence-corrected chi connectivity index (χ4v) is 9.12. The summed E-state index contributed by atoms with van der Waals surface area (Å²) in [7, 11) is 0. The predicted octanol–water partition coefficient (Wildman–Crippen LogP) is 9.91. The Hall–Kier alpha value is -5.50. The molecule has 0 spiro atoms. The van der Waals surface area contributed by atoms with Crippen LogP contribution in [0.25, 0.3) is 0 Å². The second-order valence-corrected chi connectivity index (χ2v) is 21.5. The van der Waals surface area contributed by atoms with Gasteiger partial charge in [-0.15, -0.1) is 0 Å². The van der Waals surface area contributed by atoms with E-state index in [1.54, 1.807) is 37.8 Å². The lowest BCUT2D eigenvalue weighted by Gasteiger charge is -2.36. The number of Topliss-reactive ketones (excluding diaryl/α,β-unsaturated/α-hetero) is 1. The molecule has 0 saturated carbocycles. The van der Waals surface area contributed by atoms with Crippen LogP contribution in [0.5, 0.6) is 0 Å². The molecular formula is C55H81N5O9. The first-order valence-electron chi connectivity index (χ1n) is 25.1. The number of benzene rings is 2. The van der Waals surface area contributed by atoms with Crippen LogP contribution in [-0.2, 0) is 41.5 Å². The summed E-state index contributed by atoms with van der Waals surface area (Å²) in [5.41, 5.74) is 9.23. The number of hydrogen-bond acceptors (Lipinski definition) is 9. The molecule has 69 heavy (non-hydrogen) atoms. The number of ketones is 1. The van der Waals surface area contributed by atoms with Crippen molar-refractivity contribution in [3.8, 4) is 0 Å². The molecule has 2 saturated heterocycles. The van der Waals surface area contributed by atoms with E-state index < -0.39 is 41.4 Å². The minimum absolute atomic E-state index is 0.0316. The number of carboxylic acids is 1. The molecule has 4 amide bonds. The van der Waals surface area contributed by atoms with Gasteiger partial charge in [0.05, 0.1) is 6.04 Å². The first kappa shape index (κ1) is 56.1. The minimum Gasteiger partial charge on any atom is -0.480 e. The number of nitrogens with two attached hydrogens (primary N) is 1. The largest absolute Gasteiger partial charge is 0.480 e. The number of para-hydroxylation sites is 2. The van der Waals surface area contributed by atoms with Crippen LogP contribution in [0.3, 0.4) is 0 Å². The second-order valence-electron chi connectivity index (χ2n) is 21.5. The molecule has 0 unspecified atom stereocenters. The van der Waals surface area contributed by atoms with Crippen LogP contribution in [0, 0.1) is 17.8 Å². The first-order valence-corrected chi connectivity index (χ1v) is 25.1. The molecule has 0 aliphatic carbocycles. The summed E-state index contributed by atoms with van der Waals surface area (Å²) in [5, 5.41) is 9.01. The van der Waals surface area contributed by atoms with Gasteiger partial charge in [-0.05, 0) is 153 Å². The summed E-state index contributed by atoms with van der Waals surface area (Å²) in [6.07, 6.45) is 14.5. The number of rotatable bonds is 12. The molecule has 2 aromatic rings. The van der Waals surface area contributed by atoms with Gasteiger partial charge >= 0.3 is 18.2 Å². The number of likely N-dealkylation sites (tertiary alicyclic amines) is 2. The van der Waals surface area contributed by atoms with E-state index in [0.717, 1.165) is 69.3 Å². The van der Waals surface area contributed by atoms with Gasteiger partial charge in [-0.3, -0.25) is 24.2 Å². The average molecular weight is 956 g/mol. The van der Waals surface area contributed by atoms with Crippen LogP contribution in [0.1, 0.15) is 138 Å². The van der Waals surface area contributed by atoms with Gasteiger partial charge in [-0.25, -0.2) is 14.4 Å². The standard InChI is InChI=1S/C28H40N2O4.C16H22N2O.C11H19NO4/c1-20(2)18-21(13-14-26(32)29-17-15-22-10-6-7-11-23(22)29)19-25(31)24-12-8-9-16-30(24)27(33)34-28(3,4)5;1-12(2)11-14(17)7-8-16(19)18-10-9-13-5-3-4-6-15(13)18;1-11(2,3)16-10(15)12-7-5-4-6-8(12)9(13)14/h6-7,10-11,13-14,20-21,24H,8-9,12,15-19H2,1-5H3;3-8,12,14H,9-11,17H2,1-2H3;8H,4-7H2,1-3H3,(H,13,14)/b14-13+;8-7+;/t21-,24+;14-;8-/m110/s1. The molecular weight excluding hydrogens is 875 g/mol. The van der Waals surface area contributed by atoms with E-state index in [1.165, 1.54) is 16.0 Å². The van der Waals surface area contributed by atoms with E-state index in [0.29, 0.717) is 50.7 Å². The summed E-state index contributed by atoms with van der Waals surface area (Å²) in [6, 6.07) is 14.8. The van der Waals surface area contributed by atoms with Gasteiger partial charge in [0.2, 0.25) is 0 Å². The molecule has 4 heterocycles. The first-order chi connectivity index (χ1) is 32.4. The van der Waals surface area contributed by atoms with Crippen molar-refractivity contribution in [1.82, 2.24) is 9.80 Å². The van der Waals surface area contributed by atoms with E-state index in [4.69, 9.17) is 20.3 Å². The Balaban J connectivity index is 0.000000249. The van der Waals surface area contributed by atoms with E-state index in [-0.39, 0.29) is 29.6 Å². The molecule has 2 fully saturated rings. The van der Waals surface area contributed by atoms with Crippen LogP contribution in [0.4, 0.5) is 21.0 Å². The zero-order valence-corrected chi connectivity index (χ0v) is 43.1. The number of anilines is 2. The number of aliphatic carboxylic acids is 1. The van der Waals surface area contributed by atoms with Gasteiger partial charge in [-0.1, -0.05) is 76.2 Å². The molecule has 0 radical (unpaired) electrons. The van der Waals surface area contributed by atoms with Crippen molar-refractivity contribution in [2.45, 2.75) is 169 Å². The van der Waals surface area contributed by atoms with E-state index >= 15 is 0 Å². The summed E-state index contributed by atoms with van der Waals surface area (Å²) in [4.78, 5) is 80.5. The van der Waals surface area contributed by atoms with Crippen molar-refractivity contribution in [2.24, 2.45) is 23.5 Å².